The summed E-state index contributed by atoms with van der Waals surface area (Å²) in [6, 6.07) is 5.04. The summed E-state index contributed by atoms with van der Waals surface area (Å²) in [6.45, 7) is 2.67. The number of carbonyl (C=O) groups is 1. The molecular formula is C30H32F2N8O7S. The number of hydrogen-bond acceptors (Lipinski definition) is 13. The Morgan fingerprint density at radius 2 is 1.77 bits per heavy atom. The van der Waals surface area contributed by atoms with Crippen molar-refractivity contribution in [1.29, 1.82) is 0 Å². The molecular weight excluding hydrogens is 654 g/mol. The lowest BCUT2D eigenvalue weighted by Gasteiger charge is -2.33. The first kappa shape index (κ1) is 33.0. The van der Waals surface area contributed by atoms with E-state index in [0.29, 0.717) is 80.3 Å². The SMILES string of the molecule is COc1ncc(-c2nc(N3CCOCC3)nc3c(OC4CCN(c5ncc(C(=O)NO)cc5F)CC4)cc(F)cc23)cc1NS(C)(=O)=O. The lowest BCUT2D eigenvalue weighted by Crippen LogP contribution is -2.39. The van der Waals surface area contributed by atoms with E-state index < -0.39 is 27.6 Å². The molecule has 4 aromatic rings. The van der Waals surface area contributed by atoms with Crippen molar-refractivity contribution in [2.45, 2.75) is 18.9 Å². The molecule has 0 spiro atoms. The lowest BCUT2D eigenvalue weighted by atomic mass is 10.1. The summed E-state index contributed by atoms with van der Waals surface area (Å²) < 4.78 is 73.8. The average molecular weight is 687 g/mol. The molecule has 1 amide bonds. The molecule has 2 saturated heterocycles. The Balaban J connectivity index is 1.34. The zero-order valence-corrected chi connectivity index (χ0v) is 26.8. The van der Waals surface area contributed by atoms with Gasteiger partial charge in [-0.05, 0) is 18.2 Å². The number of rotatable bonds is 9. The van der Waals surface area contributed by atoms with Gasteiger partial charge < -0.3 is 24.0 Å². The van der Waals surface area contributed by atoms with Crippen LogP contribution in [0.4, 0.5) is 26.2 Å². The van der Waals surface area contributed by atoms with E-state index in [2.05, 4.69) is 14.7 Å². The van der Waals surface area contributed by atoms with Crippen LogP contribution in [0.25, 0.3) is 22.2 Å². The maximum absolute atomic E-state index is 15.3. The van der Waals surface area contributed by atoms with E-state index in [1.165, 1.54) is 43.2 Å². The number of carbonyl (C=O) groups excluding carboxylic acids is 1. The maximum atomic E-state index is 15.3. The van der Waals surface area contributed by atoms with E-state index >= 15 is 4.39 Å². The van der Waals surface area contributed by atoms with Gasteiger partial charge in [0, 0.05) is 68.4 Å². The van der Waals surface area contributed by atoms with Gasteiger partial charge >= 0.3 is 0 Å². The Morgan fingerprint density at radius 1 is 1.02 bits per heavy atom. The van der Waals surface area contributed by atoms with Crippen LogP contribution in [0.3, 0.4) is 0 Å². The average Bonchev–Trinajstić information content (AvgIpc) is 3.07. The van der Waals surface area contributed by atoms with Crippen molar-refractivity contribution in [2.24, 2.45) is 0 Å². The molecule has 0 aliphatic carbocycles. The Morgan fingerprint density at radius 3 is 2.44 bits per heavy atom. The van der Waals surface area contributed by atoms with Crippen molar-refractivity contribution < 1.29 is 41.4 Å². The van der Waals surface area contributed by atoms with E-state index in [4.69, 9.17) is 29.4 Å². The van der Waals surface area contributed by atoms with Crippen LogP contribution in [-0.2, 0) is 14.8 Å². The monoisotopic (exact) mass is 686 g/mol. The molecule has 2 aliphatic heterocycles. The number of aromatic nitrogens is 4. The number of hydrogen-bond donors (Lipinski definition) is 3. The first-order chi connectivity index (χ1) is 23.0. The molecule has 0 unspecified atom stereocenters. The van der Waals surface area contributed by atoms with Gasteiger partial charge in [0.25, 0.3) is 5.91 Å². The smallest absolute Gasteiger partial charge is 0.276 e. The van der Waals surface area contributed by atoms with Crippen LogP contribution in [0.5, 0.6) is 11.6 Å². The van der Waals surface area contributed by atoms with Crippen molar-refractivity contribution in [2.75, 3.05) is 67.3 Å². The second-order valence-corrected chi connectivity index (χ2v) is 12.9. The van der Waals surface area contributed by atoms with Crippen LogP contribution in [0.15, 0.2) is 36.7 Å². The number of amides is 1. The maximum Gasteiger partial charge on any atom is 0.276 e. The van der Waals surface area contributed by atoms with E-state index in [-0.39, 0.29) is 34.8 Å². The highest BCUT2D eigenvalue weighted by Gasteiger charge is 2.27. The number of benzene rings is 1. The highest BCUT2D eigenvalue weighted by Crippen LogP contribution is 2.37. The number of nitrogens with one attached hydrogen (secondary N) is 2. The number of anilines is 3. The van der Waals surface area contributed by atoms with E-state index in [1.54, 1.807) is 4.90 Å². The van der Waals surface area contributed by atoms with Gasteiger partial charge in [-0.25, -0.2) is 42.6 Å². The standard InChI is InChI=1S/C30H32F2N8O7S/c1-45-29-23(38-48(2,43)44)12-17(15-34-29)25-21-13-19(31)14-24(26(21)36-30(35-25)40-7-9-46-10-8-40)47-20-3-5-39(6-4-20)27-22(32)11-18(16-33-27)28(41)37-42/h11-16,20,38,42H,3-10H2,1-2H3,(H,37,41). The largest absolute Gasteiger partial charge is 0.488 e. The summed E-state index contributed by atoms with van der Waals surface area (Å²) in [6.07, 6.45) is 4.12. The van der Waals surface area contributed by atoms with Crippen molar-refractivity contribution >= 4 is 44.3 Å². The number of methoxy groups -OCH3 is 1. The summed E-state index contributed by atoms with van der Waals surface area (Å²) in [5.74, 6) is -1.56. The van der Waals surface area contributed by atoms with Crippen LogP contribution in [-0.4, -0.2) is 98.3 Å². The van der Waals surface area contributed by atoms with Gasteiger partial charge in [-0.2, -0.15) is 0 Å². The zero-order chi connectivity index (χ0) is 34.0. The number of fused-ring (bicyclic) bond motifs is 1. The normalized spacial score (nSPS) is 15.8. The predicted octanol–water partition coefficient (Wildman–Crippen LogP) is 2.75. The molecule has 48 heavy (non-hydrogen) atoms. The molecule has 3 N–H and O–H groups in total. The molecule has 0 saturated carbocycles. The van der Waals surface area contributed by atoms with Crippen molar-refractivity contribution in [3.05, 3.63) is 53.9 Å². The third-order valence-corrected chi connectivity index (χ3v) is 8.44. The number of hydroxylamine groups is 1. The number of piperidine rings is 1. The Labute approximate surface area is 273 Å². The highest BCUT2D eigenvalue weighted by molar-refractivity contribution is 7.92. The minimum absolute atomic E-state index is 0.0409. The first-order valence-electron chi connectivity index (χ1n) is 14.9. The Hall–Kier alpha value is -4.94. The van der Waals surface area contributed by atoms with Crippen molar-refractivity contribution in [3.8, 4) is 22.9 Å². The van der Waals surface area contributed by atoms with Gasteiger partial charge in [-0.3, -0.25) is 14.7 Å². The second kappa shape index (κ2) is 13.7. The number of sulfonamides is 1. The Kier molecular flexibility index (Phi) is 9.38. The van der Waals surface area contributed by atoms with E-state index in [1.807, 2.05) is 4.90 Å². The number of nitrogens with zero attached hydrogens (tertiary/aromatic N) is 6. The highest BCUT2D eigenvalue weighted by atomic mass is 32.2. The summed E-state index contributed by atoms with van der Waals surface area (Å²) in [5, 5.41) is 9.12. The molecule has 0 bridgehead atoms. The summed E-state index contributed by atoms with van der Waals surface area (Å²) in [4.78, 5) is 33.2. The fraction of sp³-hybridized carbons (Fsp3) is 0.367. The first-order valence-corrected chi connectivity index (χ1v) is 16.8. The van der Waals surface area contributed by atoms with Crippen LogP contribution in [0, 0.1) is 11.6 Å². The minimum atomic E-state index is -3.70. The van der Waals surface area contributed by atoms with Gasteiger partial charge in [0.15, 0.2) is 11.6 Å². The summed E-state index contributed by atoms with van der Waals surface area (Å²) in [7, 11) is -2.34. The quantitative estimate of drug-likeness (QED) is 0.173. The lowest BCUT2D eigenvalue weighted by molar-refractivity contribution is 0.0705. The molecule has 3 aromatic heterocycles. The van der Waals surface area contributed by atoms with Crippen LogP contribution < -0.4 is 29.5 Å². The molecule has 0 atom stereocenters. The number of pyridine rings is 2. The Bertz CT molecular complexity index is 1960. The predicted molar refractivity (Wildman–Crippen MR) is 170 cm³/mol. The molecule has 6 rings (SSSR count). The third kappa shape index (κ3) is 7.14. The van der Waals surface area contributed by atoms with Gasteiger partial charge in [-0.15, -0.1) is 0 Å². The zero-order valence-electron chi connectivity index (χ0n) is 25.9. The molecule has 15 nitrogen and oxygen atoms in total. The van der Waals surface area contributed by atoms with Crippen LogP contribution in [0.1, 0.15) is 23.2 Å². The molecule has 1 aromatic carbocycles. The minimum Gasteiger partial charge on any atom is -0.488 e. The van der Waals surface area contributed by atoms with Gasteiger partial charge in [0.1, 0.15) is 28.9 Å². The van der Waals surface area contributed by atoms with E-state index in [9.17, 15) is 17.6 Å². The van der Waals surface area contributed by atoms with Gasteiger partial charge in [0.2, 0.25) is 21.9 Å². The molecule has 2 fully saturated rings. The molecule has 18 heteroatoms. The number of morpholine rings is 1. The number of halogens is 2. The van der Waals surface area contributed by atoms with Crippen molar-refractivity contribution in [1.82, 2.24) is 25.4 Å². The second-order valence-electron chi connectivity index (χ2n) is 11.2. The number of ether oxygens (including phenoxy) is 3. The fourth-order valence-corrected chi connectivity index (χ4v) is 6.15. The van der Waals surface area contributed by atoms with Crippen LogP contribution in [0.2, 0.25) is 0 Å². The molecule has 0 radical (unpaired) electrons. The summed E-state index contributed by atoms with van der Waals surface area (Å²) >= 11 is 0. The van der Waals surface area contributed by atoms with Crippen LogP contribution >= 0.6 is 0 Å². The molecule has 5 heterocycles. The van der Waals surface area contributed by atoms with Gasteiger partial charge in [-0.1, -0.05) is 0 Å². The topological polar surface area (TPSA) is 181 Å². The third-order valence-electron chi connectivity index (χ3n) is 7.85. The summed E-state index contributed by atoms with van der Waals surface area (Å²) in [5.41, 5.74) is 2.42. The van der Waals surface area contributed by atoms with Crippen molar-refractivity contribution in [3.63, 3.8) is 0 Å². The molecule has 2 aliphatic rings. The van der Waals surface area contributed by atoms with E-state index in [0.717, 1.165) is 12.3 Å². The van der Waals surface area contributed by atoms with Gasteiger partial charge in [0.05, 0.1) is 37.8 Å². The fourth-order valence-electron chi connectivity index (χ4n) is 5.60. The molecule has 254 valence electrons.